The number of benzene rings is 1. The van der Waals surface area contributed by atoms with E-state index >= 15 is 0 Å². The summed E-state index contributed by atoms with van der Waals surface area (Å²) in [6, 6.07) is 3.66. The van der Waals surface area contributed by atoms with Gasteiger partial charge in [0.15, 0.2) is 0 Å². The van der Waals surface area contributed by atoms with Crippen LogP contribution in [0.25, 0.3) is 0 Å². The molecule has 0 saturated heterocycles. The van der Waals surface area contributed by atoms with E-state index in [2.05, 4.69) is 12.2 Å². The Morgan fingerprint density at radius 1 is 0.727 bits per heavy atom. The zero-order valence-electron chi connectivity index (χ0n) is 13.6. The van der Waals surface area contributed by atoms with Crippen LogP contribution in [0.2, 0.25) is 15.1 Å². The molecule has 1 nitrogen and oxygen atoms in total. The van der Waals surface area contributed by atoms with Gasteiger partial charge in [-0.15, -0.1) is 0 Å². The summed E-state index contributed by atoms with van der Waals surface area (Å²) in [5.74, 6) is 0. The van der Waals surface area contributed by atoms with Crippen LogP contribution in [0.3, 0.4) is 0 Å². The number of hydrogen-bond acceptors (Lipinski definition) is 1. The Balaban J connectivity index is 2.01. The first-order valence-electron chi connectivity index (χ1n) is 8.54. The van der Waals surface area contributed by atoms with E-state index in [9.17, 15) is 0 Å². The van der Waals surface area contributed by atoms with Crippen molar-refractivity contribution in [3.8, 4) is 0 Å². The average Bonchev–Trinajstić information content (AvgIpc) is 2.52. The lowest BCUT2D eigenvalue weighted by Crippen LogP contribution is -2.02. The number of unbranched alkanes of at least 4 members (excludes halogenated alkanes) is 9. The minimum atomic E-state index is 0.427. The molecular weight excluding hydrogens is 337 g/mol. The van der Waals surface area contributed by atoms with E-state index in [0.717, 1.165) is 18.7 Å². The summed E-state index contributed by atoms with van der Waals surface area (Å²) in [4.78, 5) is 0. The molecule has 0 aliphatic heterocycles. The highest BCUT2D eigenvalue weighted by molar-refractivity contribution is 6.49. The van der Waals surface area contributed by atoms with Crippen LogP contribution in [-0.4, -0.2) is 6.54 Å². The highest BCUT2D eigenvalue weighted by Crippen LogP contribution is 2.35. The molecule has 0 heterocycles. The summed E-state index contributed by atoms with van der Waals surface area (Å²) in [5, 5.41) is 4.77. The van der Waals surface area contributed by atoms with Crippen molar-refractivity contribution >= 4 is 40.5 Å². The molecule has 126 valence electrons. The third-order valence-corrected chi connectivity index (χ3v) is 5.17. The molecule has 0 radical (unpaired) electrons. The Morgan fingerprint density at radius 3 is 1.86 bits per heavy atom. The van der Waals surface area contributed by atoms with Crippen molar-refractivity contribution in [2.45, 2.75) is 71.1 Å². The molecule has 0 amide bonds. The Morgan fingerprint density at radius 2 is 1.27 bits per heavy atom. The first-order chi connectivity index (χ1) is 10.7. The molecule has 0 saturated carbocycles. The van der Waals surface area contributed by atoms with Gasteiger partial charge in [0.2, 0.25) is 0 Å². The second-order valence-electron chi connectivity index (χ2n) is 5.83. The zero-order valence-corrected chi connectivity index (χ0v) is 15.8. The van der Waals surface area contributed by atoms with Gasteiger partial charge in [-0.1, -0.05) is 99.5 Å². The first-order valence-corrected chi connectivity index (χ1v) is 9.67. The summed E-state index contributed by atoms with van der Waals surface area (Å²) in [6.07, 6.45) is 13.4. The van der Waals surface area contributed by atoms with Crippen LogP contribution in [0.5, 0.6) is 0 Å². The van der Waals surface area contributed by atoms with E-state index in [1.807, 2.05) is 6.07 Å². The van der Waals surface area contributed by atoms with E-state index in [1.54, 1.807) is 6.07 Å². The molecule has 1 N–H and O–H groups in total. The normalized spacial score (nSPS) is 10.9. The predicted octanol–water partition coefficient (Wildman–Crippen LogP) is 7.98. The van der Waals surface area contributed by atoms with Gasteiger partial charge >= 0.3 is 0 Å². The minimum absolute atomic E-state index is 0.427. The fourth-order valence-corrected chi connectivity index (χ4v) is 3.10. The van der Waals surface area contributed by atoms with Crippen LogP contribution < -0.4 is 5.32 Å². The lowest BCUT2D eigenvalue weighted by molar-refractivity contribution is 0.560. The molecule has 0 aliphatic carbocycles. The van der Waals surface area contributed by atoms with E-state index in [4.69, 9.17) is 34.8 Å². The summed E-state index contributed by atoms with van der Waals surface area (Å²) < 4.78 is 0. The first kappa shape index (κ1) is 19.9. The number of anilines is 1. The minimum Gasteiger partial charge on any atom is -0.384 e. The van der Waals surface area contributed by atoms with Gasteiger partial charge in [0, 0.05) is 6.54 Å². The molecule has 4 heteroatoms. The second kappa shape index (κ2) is 12.3. The van der Waals surface area contributed by atoms with E-state index in [1.165, 1.54) is 57.8 Å². The van der Waals surface area contributed by atoms with Gasteiger partial charge in [0.25, 0.3) is 0 Å². The molecule has 1 rings (SSSR count). The zero-order chi connectivity index (χ0) is 16.2. The number of nitrogens with one attached hydrogen (secondary N) is 1. The van der Waals surface area contributed by atoms with Crippen molar-refractivity contribution in [2.24, 2.45) is 0 Å². The quantitative estimate of drug-likeness (QED) is 0.293. The van der Waals surface area contributed by atoms with Crippen molar-refractivity contribution in [1.82, 2.24) is 0 Å². The van der Waals surface area contributed by atoms with Crippen LogP contribution in [0.4, 0.5) is 5.69 Å². The number of halogens is 3. The van der Waals surface area contributed by atoms with Crippen molar-refractivity contribution < 1.29 is 0 Å². The number of hydrogen-bond donors (Lipinski definition) is 1. The van der Waals surface area contributed by atoms with Crippen LogP contribution in [0, 0.1) is 0 Å². The molecule has 0 aromatic heterocycles. The Kier molecular flexibility index (Phi) is 11.2. The molecule has 0 spiro atoms. The van der Waals surface area contributed by atoms with Crippen LogP contribution >= 0.6 is 34.8 Å². The monoisotopic (exact) mass is 363 g/mol. The number of rotatable bonds is 12. The second-order valence-corrected chi connectivity index (χ2v) is 6.99. The molecule has 1 aromatic rings. The lowest BCUT2D eigenvalue weighted by Gasteiger charge is -2.10. The lowest BCUT2D eigenvalue weighted by atomic mass is 10.1. The maximum absolute atomic E-state index is 6.15. The fourth-order valence-electron chi connectivity index (χ4n) is 2.50. The molecule has 0 bridgehead atoms. The predicted molar refractivity (Wildman–Crippen MR) is 102 cm³/mol. The topological polar surface area (TPSA) is 12.0 Å². The van der Waals surface area contributed by atoms with E-state index in [0.29, 0.717) is 15.1 Å². The maximum atomic E-state index is 6.15. The third-order valence-electron chi connectivity index (χ3n) is 3.88. The molecule has 0 unspecified atom stereocenters. The van der Waals surface area contributed by atoms with Gasteiger partial charge in [-0.25, -0.2) is 0 Å². The fraction of sp³-hybridized carbons (Fsp3) is 0.667. The van der Waals surface area contributed by atoms with Gasteiger partial charge in [-0.2, -0.15) is 0 Å². The summed E-state index contributed by atoms with van der Waals surface area (Å²) in [5.41, 5.74) is 0.868. The van der Waals surface area contributed by atoms with Gasteiger partial charge in [-0.05, 0) is 18.6 Å². The van der Waals surface area contributed by atoms with E-state index < -0.39 is 0 Å². The Bertz CT molecular complexity index is 421. The smallest absolute Gasteiger partial charge is 0.0838 e. The summed E-state index contributed by atoms with van der Waals surface area (Å²) in [6.45, 7) is 3.19. The Hall–Kier alpha value is -0.110. The van der Waals surface area contributed by atoms with Crippen LogP contribution in [-0.2, 0) is 0 Å². The summed E-state index contributed by atoms with van der Waals surface area (Å²) >= 11 is 18.1. The molecular formula is C18H28Cl3N. The molecule has 1 aromatic carbocycles. The van der Waals surface area contributed by atoms with Gasteiger partial charge in [0.05, 0.1) is 20.8 Å². The van der Waals surface area contributed by atoms with Gasteiger partial charge < -0.3 is 5.32 Å². The highest BCUT2D eigenvalue weighted by atomic mass is 35.5. The van der Waals surface area contributed by atoms with Crippen molar-refractivity contribution in [2.75, 3.05) is 11.9 Å². The molecule has 0 fully saturated rings. The third kappa shape index (κ3) is 7.94. The molecule has 22 heavy (non-hydrogen) atoms. The standard InChI is InChI=1S/C18H28Cl3N/c1-2-3-4-5-6-7-8-9-10-11-14-22-16-13-12-15(19)17(20)18(16)21/h12-13,22H,2-11,14H2,1H3. The van der Waals surface area contributed by atoms with Gasteiger partial charge in [-0.3, -0.25) is 0 Å². The van der Waals surface area contributed by atoms with Crippen LogP contribution in [0.1, 0.15) is 71.1 Å². The molecule has 0 aliphatic rings. The maximum Gasteiger partial charge on any atom is 0.0838 e. The molecule has 0 atom stereocenters. The highest BCUT2D eigenvalue weighted by Gasteiger charge is 2.07. The van der Waals surface area contributed by atoms with Gasteiger partial charge in [0.1, 0.15) is 0 Å². The summed E-state index contributed by atoms with van der Waals surface area (Å²) in [7, 11) is 0. The van der Waals surface area contributed by atoms with Crippen molar-refractivity contribution in [3.05, 3.63) is 27.2 Å². The van der Waals surface area contributed by atoms with Crippen molar-refractivity contribution in [3.63, 3.8) is 0 Å². The van der Waals surface area contributed by atoms with Crippen LogP contribution in [0.15, 0.2) is 12.1 Å². The largest absolute Gasteiger partial charge is 0.384 e. The Labute approximate surface area is 150 Å². The van der Waals surface area contributed by atoms with Crippen molar-refractivity contribution in [1.29, 1.82) is 0 Å². The average molecular weight is 365 g/mol. The SMILES string of the molecule is CCCCCCCCCCCCNc1ccc(Cl)c(Cl)c1Cl. The van der Waals surface area contributed by atoms with E-state index in [-0.39, 0.29) is 0 Å².